The Morgan fingerprint density at radius 2 is 2.06 bits per heavy atom. The van der Waals surface area contributed by atoms with E-state index in [1.54, 1.807) is 6.07 Å². The summed E-state index contributed by atoms with van der Waals surface area (Å²) in [5, 5.41) is 29.1. The van der Waals surface area contributed by atoms with Gasteiger partial charge in [-0.2, -0.15) is 0 Å². The minimum Gasteiger partial charge on any atom is -0.399 e. The first-order valence-electron chi connectivity index (χ1n) is 5.14. The van der Waals surface area contributed by atoms with Gasteiger partial charge in [0.05, 0.1) is 19.3 Å². The topological polar surface area (TPSA) is 116 Å². The number of nitrogen functional groups attached to an aromatic ring is 1. The van der Waals surface area contributed by atoms with Crippen LogP contribution in [0.1, 0.15) is 15.9 Å². The summed E-state index contributed by atoms with van der Waals surface area (Å²) in [5.74, 6) is -0.417. The molecule has 0 fully saturated rings. The van der Waals surface area contributed by atoms with Crippen molar-refractivity contribution in [2.75, 3.05) is 18.9 Å². The van der Waals surface area contributed by atoms with Crippen molar-refractivity contribution in [2.45, 2.75) is 12.7 Å². The van der Waals surface area contributed by atoms with E-state index in [-0.39, 0.29) is 13.2 Å². The van der Waals surface area contributed by atoms with Crippen molar-refractivity contribution >= 4 is 11.6 Å². The van der Waals surface area contributed by atoms with Crippen LogP contribution in [-0.4, -0.2) is 40.5 Å². The Balaban J connectivity index is 2.71. The second-order valence-corrected chi connectivity index (χ2v) is 3.67. The van der Waals surface area contributed by atoms with Crippen molar-refractivity contribution in [3.8, 4) is 0 Å². The van der Waals surface area contributed by atoms with Crippen LogP contribution >= 0.6 is 0 Å². The predicted octanol–water partition coefficient (Wildman–Crippen LogP) is -1.16. The minimum atomic E-state index is -0.989. The fourth-order valence-corrected chi connectivity index (χ4v) is 1.32. The number of nitrogens with one attached hydrogen (secondary N) is 1. The summed E-state index contributed by atoms with van der Waals surface area (Å²) in [6.45, 7) is -0.664. The van der Waals surface area contributed by atoms with E-state index in [1.807, 2.05) is 0 Å². The summed E-state index contributed by atoms with van der Waals surface area (Å²) in [6.07, 6.45) is -0.989. The van der Waals surface area contributed by atoms with Gasteiger partial charge in [0.1, 0.15) is 0 Å². The van der Waals surface area contributed by atoms with Gasteiger partial charge in [0.15, 0.2) is 0 Å². The molecule has 1 aromatic rings. The highest BCUT2D eigenvalue weighted by atomic mass is 16.3. The molecule has 1 rings (SSSR count). The van der Waals surface area contributed by atoms with Gasteiger partial charge in [-0.1, -0.05) is 0 Å². The molecule has 1 amide bonds. The molecule has 94 valence electrons. The van der Waals surface area contributed by atoms with Gasteiger partial charge in [-0.15, -0.1) is 0 Å². The predicted molar refractivity (Wildman–Crippen MR) is 62.2 cm³/mol. The number of anilines is 1. The fourth-order valence-electron chi connectivity index (χ4n) is 1.32. The van der Waals surface area contributed by atoms with Gasteiger partial charge >= 0.3 is 0 Å². The van der Waals surface area contributed by atoms with E-state index in [9.17, 15) is 4.79 Å². The first-order chi connectivity index (χ1) is 8.06. The van der Waals surface area contributed by atoms with Crippen LogP contribution in [0.5, 0.6) is 0 Å². The van der Waals surface area contributed by atoms with Crippen LogP contribution in [0, 0.1) is 0 Å². The normalized spacial score (nSPS) is 12.2. The van der Waals surface area contributed by atoms with Crippen LogP contribution in [-0.2, 0) is 6.61 Å². The molecule has 0 spiro atoms. The first kappa shape index (κ1) is 13.4. The molecule has 0 radical (unpaired) electrons. The molecule has 0 aromatic heterocycles. The molecule has 1 atom stereocenters. The SMILES string of the molecule is Nc1cc(CO)cc(C(=O)NCC(O)CO)c1. The molecule has 6 heteroatoms. The number of rotatable bonds is 5. The van der Waals surface area contributed by atoms with Gasteiger partial charge in [-0.3, -0.25) is 4.79 Å². The molecule has 17 heavy (non-hydrogen) atoms. The number of benzene rings is 1. The summed E-state index contributed by atoms with van der Waals surface area (Å²) in [5.41, 5.74) is 6.80. The summed E-state index contributed by atoms with van der Waals surface area (Å²) in [7, 11) is 0. The van der Waals surface area contributed by atoms with Crippen molar-refractivity contribution < 1.29 is 20.1 Å². The highest BCUT2D eigenvalue weighted by Crippen LogP contribution is 2.12. The Morgan fingerprint density at radius 3 is 2.65 bits per heavy atom. The number of carbonyl (C=O) groups is 1. The van der Waals surface area contributed by atoms with Crippen LogP contribution in [0.3, 0.4) is 0 Å². The van der Waals surface area contributed by atoms with Crippen molar-refractivity contribution in [3.05, 3.63) is 29.3 Å². The number of aliphatic hydroxyl groups is 3. The zero-order chi connectivity index (χ0) is 12.8. The molecule has 0 bridgehead atoms. The molecule has 0 saturated carbocycles. The smallest absolute Gasteiger partial charge is 0.251 e. The maximum atomic E-state index is 11.6. The Kier molecular flexibility index (Phi) is 4.89. The Morgan fingerprint density at radius 1 is 1.35 bits per heavy atom. The molecular weight excluding hydrogens is 224 g/mol. The lowest BCUT2D eigenvalue weighted by Gasteiger charge is -2.10. The molecule has 0 aliphatic carbocycles. The van der Waals surface area contributed by atoms with E-state index in [0.717, 1.165) is 0 Å². The first-order valence-corrected chi connectivity index (χ1v) is 5.14. The summed E-state index contributed by atoms with van der Waals surface area (Å²) in [4.78, 5) is 11.6. The second-order valence-electron chi connectivity index (χ2n) is 3.67. The van der Waals surface area contributed by atoms with Gasteiger partial charge in [0.2, 0.25) is 0 Å². The summed E-state index contributed by atoms with van der Waals surface area (Å²) in [6, 6.07) is 4.55. The van der Waals surface area contributed by atoms with Gasteiger partial charge in [0, 0.05) is 17.8 Å². The standard InChI is InChI=1S/C11H16N2O4/c12-9-2-7(5-14)1-8(3-9)11(17)13-4-10(16)6-15/h1-3,10,14-16H,4-6,12H2,(H,13,17). The number of nitrogens with two attached hydrogens (primary N) is 1. The van der Waals surface area contributed by atoms with Gasteiger partial charge in [0.25, 0.3) is 5.91 Å². The van der Waals surface area contributed by atoms with Crippen LogP contribution in [0.25, 0.3) is 0 Å². The number of amides is 1. The minimum absolute atomic E-state index is 0.0431. The third kappa shape index (κ3) is 4.03. The summed E-state index contributed by atoms with van der Waals surface area (Å²) >= 11 is 0. The lowest BCUT2D eigenvalue weighted by atomic mass is 10.1. The second kappa shape index (κ2) is 6.19. The fraction of sp³-hybridized carbons (Fsp3) is 0.364. The lowest BCUT2D eigenvalue weighted by molar-refractivity contribution is 0.0802. The van der Waals surface area contributed by atoms with Gasteiger partial charge in [-0.05, 0) is 23.8 Å². The van der Waals surface area contributed by atoms with Crippen LogP contribution < -0.4 is 11.1 Å². The van der Waals surface area contributed by atoms with Gasteiger partial charge < -0.3 is 26.4 Å². The summed E-state index contributed by atoms with van der Waals surface area (Å²) < 4.78 is 0. The highest BCUT2D eigenvalue weighted by molar-refractivity contribution is 5.95. The van der Waals surface area contributed by atoms with Crippen LogP contribution in [0.2, 0.25) is 0 Å². The van der Waals surface area contributed by atoms with Crippen LogP contribution in [0.4, 0.5) is 5.69 Å². The Bertz CT molecular complexity index is 395. The maximum absolute atomic E-state index is 11.6. The number of aliphatic hydroxyl groups excluding tert-OH is 3. The lowest BCUT2D eigenvalue weighted by Crippen LogP contribution is -2.33. The quantitative estimate of drug-likeness (QED) is 0.416. The van der Waals surface area contributed by atoms with Crippen molar-refractivity contribution in [1.82, 2.24) is 5.32 Å². The van der Waals surface area contributed by atoms with Crippen molar-refractivity contribution in [2.24, 2.45) is 0 Å². The number of hydrogen-bond donors (Lipinski definition) is 5. The molecule has 1 unspecified atom stereocenters. The van der Waals surface area contributed by atoms with E-state index in [0.29, 0.717) is 16.8 Å². The third-order valence-corrected chi connectivity index (χ3v) is 2.17. The molecular formula is C11H16N2O4. The monoisotopic (exact) mass is 240 g/mol. The zero-order valence-corrected chi connectivity index (χ0v) is 9.26. The highest BCUT2D eigenvalue weighted by Gasteiger charge is 2.09. The molecule has 0 saturated heterocycles. The molecule has 0 aliphatic rings. The van der Waals surface area contributed by atoms with E-state index < -0.39 is 18.6 Å². The van der Waals surface area contributed by atoms with Crippen LogP contribution in [0.15, 0.2) is 18.2 Å². The average molecular weight is 240 g/mol. The molecule has 0 heterocycles. The molecule has 0 aliphatic heterocycles. The van der Waals surface area contributed by atoms with Crippen molar-refractivity contribution in [3.63, 3.8) is 0 Å². The number of hydrogen-bond acceptors (Lipinski definition) is 5. The largest absolute Gasteiger partial charge is 0.399 e. The third-order valence-electron chi connectivity index (χ3n) is 2.17. The molecule has 6 N–H and O–H groups in total. The number of carbonyl (C=O) groups excluding carboxylic acids is 1. The molecule has 6 nitrogen and oxygen atoms in total. The van der Waals surface area contributed by atoms with E-state index in [4.69, 9.17) is 21.1 Å². The Labute approximate surface area is 98.7 Å². The van der Waals surface area contributed by atoms with Crippen molar-refractivity contribution in [1.29, 1.82) is 0 Å². The molecule has 1 aromatic carbocycles. The van der Waals surface area contributed by atoms with E-state index >= 15 is 0 Å². The van der Waals surface area contributed by atoms with E-state index in [2.05, 4.69) is 5.32 Å². The van der Waals surface area contributed by atoms with E-state index in [1.165, 1.54) is 12.1 Å². The Hall–Kier alpha value is -1.63. The van der Waals surface area contributed by atoms with Gasteiger partial charge in [-0.25, -0.2) is 0 Å². The zero-order valence-electron chi connectivity index (χ0n) is 9.26. The average Bonchev–Trinajstić information content (AvgIpc) is 2.34. The maximum Gasteiger partial charge on any atom is 0.251 e.